The van der Waals surface area contributed by atoms with Gasteiger partial charge in [-0.3, -0.25) is 0 Å². The van der Waals surface area contributed by atoms with E-state index in [9.17, 15) is 9.50 Å². The summed E-state index contributed by atoms with van der Waals surface area (Å²) in [5.41, 5.74) is 5.11. The summed E-state index contributed by atoms with van der Waals surface area (Å²) >= 11 is 2.04. The van der Waals surface area contributed by atoms with Gasteiger partial charge in [0.05, 0.1) is 15.8 Å². The lowest BCUT2D eigenvalue weighted by atomic mass is 9.69. The fourth-order valence-electron chi connectivity index (χ4n) is 5.61. The molecule has 3 nitrogen and oxygen atoms in total. The van der Waals surface area contributed by atoms with Crippen molar-refractivity contribution in [2.24, 2.45) is 0 Å². The molecule has 2 unspecified atom stereocenters. The lowest BCUT2D eigenvalue weighted by molar-refractivity contribution is 0.0706. The Kier molecular flexibility index (Phi) is 7.37. The fourth-order valence-corrected chi connectivity index (χ4v) is 6.25. The van der Waals surface area contributed by atoms with Crippen LogP contribution in [-0.2, 0) is 10.6 Å². The highest BCUT2D eigenvalue weighted by Crippen LogP contribution is 2.47. The van der Waals surface area contributed by atoms with Crippen LogP contribution in [0.5, 0.6) is 5.75 Å². The van der Waals surface area contributed by atoms with Gasteiger partial charge in [-0.25, -0.2) is 4.39 Å². The topological polar surface area (TPSA) is 32.7 Å². The third-order valence-electron chi connectivity index (χ3n) is 7.46. The number of piperidine rings is 1. The van der Waals surface area contributed by atoms with E-state index in [2.05, 4.69) is 65.6 Å². The number of aryl methyl sites for hydroxylation is 1. The first-order chi connectivity index (χ1) is 16.6. The monoisotopic (exact) mass is 589 g/mol. The molecule has 1 aliphatic carbocycles. The number of hydrogen-bond donors (Lipinski definition) is 1. The summed E-state index contributed by atoms with van der Waals surface area (Å²) in [5, 5.41) is 10.1. The van der Waals surface area contributed by atoms with Crippen LogP contribution in [0.1, 0.15) is 53.4 Å². The third kappa shape index (κ3) is 5.09. The number of rotatable bonds is 6. The average Bonchev–Trinajstić information content (AvgIpc) is 2.88. The van der Waals surface area contributed by atoms with Gasteiger partial charge in [0.25, 0.3) is 0 Å². The molecule has 3 aromatic rings. The standard InChI is InChI=1S/C28H29FINO2S/c29-28(19-33-34-30)14-16-31(17-15-28)23-9-6-21(7-10-23)27-25(20-4-2-1-3-5-20)12-8-22-18-24(32)11-13-26(22)27/h1-7,9-11,13,18,25,27,32H,8,12,14-17,19H2. The summed E-state index contributed by atoms with van der Waals surface area (Å²) in [6.07, 6.45) is 2.99. The molecule has 178 valence electrons. The molecule has 1 aliphatic heterocycles. The summed E-state index contributed by atoms with van der Waals surface area (Å²) in [6, 6.07) is 25.5. The van der Waals surface area contributed by atoms with Crippen LogP contribution in [-0.4, -0.2) is 30.5 Å². The maximum Gasteiger partial charge on any atom is 0.138 e. The molecule has 1 saturated heterocycles. The first-order valence-corrected chi connectivity index (χ1v) is 15.2. The van der Waals surface area contributed by atoms with Crippen molar-refractivity contribution >= 4 is 36.1 Å². The number of alkyl halides is 1. The minimum absolute atomic E-state index is 0.158. The third-order valence-corrected chi connectivity index (χ3v) is 8.43. The maximum absolute atomic E-state index is 14.9. The number of nitrogens with zero attached hydrogens (tertiary/aromatic N) is 1. The highest BCUT2D eigenvalue weighted by atomic mass is 127. The second-order valence-corrected chi connectivity index (χ2v) is 10.9. The SMILES string of the molecule is Oc1ccc2c(c1)CCC(c1ccccc1)C2c1ccc(N2CCC(F)(COSI)CC2)cc1. The summed E-state index contributed by atoms with van der Waals surface area (Å²) < 4.78 is 20.2. The van der Waals surface area contributed by atoms with Gasteiger partial charge in [0.15, 0.2) is 0 Å². The number of hydrogen-bond acceptors (Lipinski definition) is 4. The minimum Gasteiger partial charge on any atom is -0.508 e. The minimum atomic E-state index is -1.23. The Morgan fingerprint density at radius 2 is 1.74 bits per heavy atom. The molecule has 3 aromatic carbocycles. The molecule has 1 N–H and O–H groups in total. The molecule has 0 saturated carbocycles. The predicted molar refractivity (Wildman–Crippen MR) is 147 cm³/mol. The summed E-state index contributed by atoms with van der Waals surface area (Å²) in [4.78, 5) is 2.28. The van der Waals surface area contributed by atoms with Gasteiger partial charge in [-0.1, -0.05) is 48.5 Å². The first kappa shape index (κ1) is 23.9. The van der Waals surface area contributed by atoms with Crippen molar-refractivity contribution in [3.05, 3.63) is 95.1 Å². The quantitative estimate of drug-likeness (QED) is 0.238. The van der Waals surface area contributed by atoms with Gasteiger partial charge in [-0.2, -0.15) is 0 Å². The lowest BCUT2D eigenvalue weighted by Gasteiger charge is -2.38. The lowest BCUT2D eigenvalue weighted by Crippen LogP contribution is -2.44. The van der Waals surface area contributed by atoms with Crippen molar-refractivity contribution in [1.82, 2.24) is 0 Å². The molecule has 5 rings (SSSR count). The molecule has 0 aromatic heterocycles. The molecular weight excluding hydrogens is 560 g/mol. The first-order valence-electron chi connectivity index (χ1n) is 11.9. The van der Waals surface area contributed by atoms with Crippen molar-refractivity contribution in [1.29, 1.82) is 0 Å². The van der Waals surface area contributed by atoms with Gasteiger partial charge in [0.2, 0.25) is 0 Å². The molecule has 1 fully saturated rings. The van der Waals surface area contributed by atoms with Crippen LogP contribution in [0.4, 0.5) is 10.1 Å². The van der Waals surface area contributed by atoms with E-state index < -0.39 is 5.67 Å². The number of anilines is 1. The number of phenols is 1. The zero-order chi connectivity index (χ0) is 23.5. The van der Waals surface area contributed by atoms with Crippen LogP contribution in [0.25, 0.3) is 0 Å². The van der Waals surface area contributed by atoms with E-state index in [-0.39, 0.29) is 12.5 Å². The summed E-state index contributed by atoms with van der Waals surface area (Å²) in [6.45, 7) is 1.55. The van der Waals surface area contributed by atoms with Crippen LogP contribution >= 0.6 is 30.4 Å². The van der Waals surface area contributed by atoms with Crippen LogP contribution in [0.3, 0.4) is 0 Å². The molecule has 34 heavy (non-hydrogen) atoms. The highest BCUT2D eigenvalue weighted by molar-refractivity contribution is 14.2. The smallest absolute Gasteiger partial charge is 0.138 e. The molecule has 2 atom stereocenters. The predicted octanol–water partition coefficient (Wildman–Crippen LogP) is 7.58. The maximum atomic E-state index is 14.9. The van der Waals surface area contributed by atoms with Crippen molar-refractivity contribution in [3.8, 4) is 5.75 Å². The average molecular weight is 590 g/mol. The number of halogens is 2. The Morgan fingerprint density at radius 3 is 2.44 bits per heavy atom. The molecule has 6 heteroatoms. The van der Waals surface area contributed by atoms with E-state index in [4.69, 9.17) is 4.18 Å². The van der Waals surface area contributed by atoms with E-state index in [1.54, 1.807) is 0 Å². The zero-order valence-corrected chi connectivity index (χ0v) is 22.0. The second kappa shape index (κ2) is 10.5. The van der Waals surface area contributed by atoms with E-state index in [1.807, 2.05) is 33.3 Å². The molecule has 0 bridgehead atoms. The molecule has 2 aliphatic rings. The molecule has 0 amide bonds. The Balaban J connectivity index is 1.40. The van der Waals surface area contributed by atoms with Gasteiger partial charge in [-0.05, 0) is 65.3 Å². The molecule has 1 heterocycles. The summed E-state index contributed by atoms with van der Waals surface area (Å²) in [7, 11) is 1.20. The van der Waals surface area contributed by atoms with Gasteiger partial charge in [-0.15, -0.1) is 0 Å². The van der Waals surface area contributed by atoms with Crippen molar-refractivity contribution in [2.45, 2.75) is 43.2 Å². The van der Waals surface area contributed by atoms with Crippen LogP contribution in [0, 0.1) is 0 Å². The summed E-state index contributed by atoms with van der Waals surface area (Å²) in [5.74, 6) is 0.966. The Hall–Kier alpha value is -1.77. The van der Waals surface area contributed by atoms with E-state index in [1.165, 1.54) is 31.5 Å². The molecule has 0 radical (unpaired) electrons. The van der Waals surface area contributed by atoms with E-state index >= 15 is 0 Å². The Morgan fingerprint density at radius 1 is 1.00 bits per heavy atom. The fraction of sp³-hybridized carbons (Fsp3) is 0.357. The van der Waals surface area contributed by atoms with E-state index in [0.29, 0.717) is 37.6 Å². The van der Waals surface area contributed by atoms with Crippen molar-refractivity contribution in [3.63, 3.8) is 0 Å². The van der Waals surface area contributed by atoms with Gasteiger partial charge < -0.3 is 14.2 Å². The second-order valence-electron chi connectivity index (χ2n) is 9.47. The van der Waals surface area contributed by atoms with Crippen LogP contribution in [0.2, 0.25) is 0 Å². The van der Waals surface area contributed by atoms with E-state index in [0.717, 1.165) is 18.5 Å². The molecule has 0 spiro atoms. The van der Waals surface area contributed by atoms with Crippen LogP contribution in [0.15, 0.2) is 72.8 Å². The number of phenolic OH excluding ortho intramolecular Hbond substituents is 1. The van der Waals surface area contributed by atoms with Crippen molar-refractivity contribution in [2.75, 3.05) is 24.6 Å². The van der Waals surface area contributed by atoms with Crippen molar-refractivity contribution < 1.29 is 13.7 Å². The van der Waals surface area contributed by atoms with Gasteiger partial charge in [0.1, 0.15) is 11.4 Å². The van der Waals surface area contributed by atoms with Crippen LogP contribution < -0.4 is 4.90 Å². The molecular formula is C28H29FINO2S. The number of benzene rings is 3. The van der Waals surface area contributed by atoms with Gasteiger partial charge >= 0.3 is 0 Å². The van der Waals surface area contributed by atoms with Gasteiger partial charge in [0, 0.05) is 58.7 Å². The largest absolute Gasteiger partial charge is 0.508 e. The zero-order valence-electron chi connectivity index (χ0n) is 19.0. The Bertz CT molecular complexity index is 1100. The highest BCUT2D eigenvalue weighted by Gasteiger charge is 2.36. The Labute approximate surface area is 217 Å². The number of fused-ring (bicyclic) bond motifs is 1. The number of aromatic hydroxyl groups is 1. The normalized spacial score (nSPS) is 21.8.